The molecule has 0 fully saturated rings. The lowest BCUT2D eigenvalue weighted by Crippen LogP contribution is -2.20. The Labute approximate surface area is 120 Å². The van der Waals surface area contributed by atoms with E-state index in [0.29, 0.717) is 5.56 Å². The standard InChI is InChI=1S/C16H15F4N/c1-10(15-13(17)6-3-7-14(15)18)21-9-11-4-2-5-12(8-11)16(19)20/h2-8,10,16,21H,9H2,1H3. The van der Waals surface area contributed by atoms with Gasteiger partial charge in [0.05, 0.1) is 0 Å². The Hall–Kier alpha value is -1.88. The molecule has 0 aliphatic carbocycles. The Morgan fingerprint density at radius 3 is 2.24 bits per heavy atom. The van der Waals surface area contributed by atoms with Crippen LogP contribution < -0.4 is 5.32 Å². The first kappa shape index (κ1) is 15.5. The lowest BCUT2D eigenvalue weighted by Gasteiger charge is -2.16. The Bertz CT molecular complexity index is 593. The van der Waals surface area contributed by atoms with Crippen LogP contribution in [0.25, 0.3) is 0 Å². The Morgan fingerprint density at radius 2 is 1.62 bits per heavy atom. The van der Waals surface area contributed by atoms with Crippen molar-refractivity contribution in [2.45, 2.75) is 25.9 Å². The summed E-state index contributed by atoms with van der Waals surface area (Å²) in [6.07, 6.45) is -2.54. The molecular weight excluding hydrogens is 282 g/mol. The molecule has 1 N–H and O–H groups in total. The van der Waals surface area contributed by atoms with E-state index in [1.165, 1.54) is 36.4 Å². The third-order valence-electron chi connectivity index (χ3n) is 3.25. The van der Waals surface area contributed by atoms with Crippen LogP contribution in [-0.2, 0) is 6.54 Å². The van der Waals surface area contributed by atoms with Crippen LogP contribution in [-0.4, -0.2) is 0 Å². The first-order valence-electron chi connectivity index (χ1n) is 6.53. The van der Waals surface area contributed by atoms with E-state index in [4.69, 9.17) is 0 Å². The van der Waals surface area contributed by atoms with Gasteiger partial charge in [-0.05, 0) is 30.7 Å². The molecule has 21 heavy (non-hydrogen) atoms. The largest absolute Gasteiger partial charge is 0.306 e. The Balaban J connectivity index is 2.07. The van der Waals surface area contributed by atoms with Gasteiger partial charge in [0.1, 0.15) is 11.6 Å². The number of benzene rings is 2. The molecule has 0 saturated carbocycles. The molecule has 0 heterocycles. The quantitative estimate of drug-likeness (QED) is 0.785. The van der Waals surface area contributed by atoms with Crippen LogP contribution >= 0.6 is 0 Å². The highest BCUT2D eigenvalue weighted by Crippen LogP contribution is 2.22. The van der Waals surface area contributed by atoms with Crippen LogP contribution in [0, 0.1) is 11.6 Å². The van der Waals surface area contributed by atoms with Crippen molar-refractivity contribution < 1.29 is 17.6 Å². The first-order chi connectivity index (χ1) is 9.99. The van der Waals surface area contributed by atoms with E-state index in [2.05, 4.69) is 5.32 Å². The highest BCUT2D eigenvalue weighted by Gasteiger charge is 2.15. The highest BCUT2D eigenvalue weighted by atomic mass is 19.3. The first-order valence-corrected chi connectivity index (χ1v) is 6.53. The van der Waals surface area contributed by atoms with Crippen LogP contribution in [0.2, 0.25) is 0 Å². The van der Waals surface area contributed by atoms with E-state index in [-0.39, 0.29) is 17.7 Å². The van der Waals surface area contributed by atoms with Gasteiger partial charge in [-0.1, -0.05) is 24.3 Å². The third-order valence-corrected chi connectivity index (χ3v) is 3.25. The van der Waals surface area contributed by atoms with Gasteiger partial charge < -0.3 is 5.32 Å². The second-order valence-corrected chi connectivity index (χ2v) is 4.78. The number of hydrogen-bond acceptors (Lipinski definition) is 1. The summed E-state index contributed by atoms with van der Waals surface area (Å²) in [5.74, 6) is -1.26. The summed E-state index contributed by atoms with van der Waals surface area (Å²) in [5.41, 5.74) is 0.512. The second-order valence-electron chi connectivity index (χ2n) is 4.78. The van der Waals surface area contributed by atoms with Crippen LogP contribution in [0.3, 0.4) is 0 Å². The number of rotatable bonds is 5. The molecule has 2 aromatic carbocycles. The molecule has 0 radical (unpaired) electrons. The van der Waals surface area contributed by atoms with Gasteiger partial charge in [-0.2, -0.15) is 0 Å². The minimum atomic E-state index is -2.54. The third kappa shape index (κ3) is 3.82. The maximum Gasteiger partial charge on any atom is 0.263 e. The van der Waals surface area contributed by atoms with Crippen LogP contribution in [0.1, 0.15) is 36.1 Å². The van der Waals surface area contributed by atoms with E-state index in [0.717, 1.165) is 0 Å². The molecule has 0 aliphatic rings. The van der Waals surface area contributed by atoms with E-state index in [1.54, 1.807) is 13.0 Å². The number of halogens is 4. The Kier molecular flexibility index (Phi) is 4.96. The van der Waals surface area contributed by atoms with Gasteiger partial charge in [0.2, 0.25) is 0 Å². The molecule has 1 atom stereocenters. The van der Waals surface area contributed by atoms with Gasteiger partial charge in [0.25, 0.3) is 6.43 Å². The van der Waals surface area contributed by atoms with Crippen molar-refractivity contribution in [3.05, 3.63) is 70.8 Å². The zero-order valence-electron chi connectivity index (χ0n) is 11.4. The molecule has 0 aromatic heterocycles. The van der Waals surface area contributed by atoms with Crippen molar-refractivity contribution in [2.75, 3.05) is 0 Å². The minimum absolute atomic E-state index is 0.0532. The maximum absolute atomic E-state index is 13.6. The molecule has 1 nitrogen and oxygen atoms in total. The summed E-state index contributed by atoms with van der Waals surface area (Å²) < 4.78 is 52.4. The van der Waals surface area contributed by atoms with Crippen molar-refractivity contribution in [2.24, 2.45) is 0 Å². The molecule has 1 unspecified atom stereocenters. The average Bonchev–Trinajstić information content (AvgIpc) is 2.45. The smallest absolute Gasteiger partial charge is 0.263 e. The van der Waals surface area contributed by atoms with E-state index in [1.807, 2.05) is 0 Å². The molecule has 0 bridgehead atoms. The van der Waals surface area contributed by atoms with E-state index in [9.17, 15) is 17.6 Å². The molecule has 0 saturated heterocycles. The lowest BCUT2D eigenvalue weighted by molar-refractivity contribution is 0.151. The summed E-state index contributed by atoms with van der Waals surface area (Å²) in [7, 11) is 0. The van der Waals surface area contributed by atoms with Gasteiger partial charge in [-0.3, -0.25) is 0 Å². The molecule has 2 aromatic rings. The molecule has 5 heteroatoms. The van der Waals surface area contributed by atoms with Gasteiger partial charge >= 0.3 is 0 Å². The fourth-order valence-corrected chi connectivity index (χ4v) is 2.14. The Morgan fingerprint density at radius 1 is 1.00 bits per heavy atom. The SMILES string of the molecule is CC(NCc1cccc(C(F)F)c1)c1c(F)cccc1F. The number of nitrogens with one attached hydrogen (secondary N) is 1. The molecule has 0 aliphatic heterocycles. The zero-order chi connectivity index (χ0) is 15.4. The number of hydrogen-bond donors (Lipinski definition) is 1. The summed E-state index contributed by atoms with van der Waals surface area (Å²) in [6.45, 7) is 1.87. The van der Waals surface area contributed by atoms with Gasteiger partial charge in [0.15, 0.2) is 0 Å². The van der Waals surface area contributed by atoms with Gasteiger partial charge in [-0.15, -0.1) is 0 Å². The van der Waals surface area contributed by atoms with Crippen molar-refractivity contribution >= 4 is 0 Å². The summed E-state index contributed by atoms with van der Waals surface area (Å²) >= 11 is 0. The molecule has 0 spiro atoms. The average molecular weight is 297 g/mol. The summed E-state index contributed by atoms with van der Waals surface area (Å²) in [4.78, 5) is 0. The minimum Gasteiger partial charge on any atom is -0.306 e. The van der Waals surface area contributed by atoms with Crippen molar-refractivity contribution in [1.29, 1.82) is 0 Å². The predicted octanol–water partition coefficient (Wildman–Crippen LogP) is 4.75. The van der Waals surface area contributed by atoms with Crippen molar-refractivity contribution in [3.63, 3.8) is 0 Å². The normalized spacial score (nSPS) is 12.7. The monoisotopic (exact) mass is 297 g/mol. The molecular formula is C16H15F4N. The van der Waals surface area contributed by atoms with Gasteiger partial charge in [-0.25, -0.2) is 17.6 Å². The summed E-state index contributed by atoms with van der Waals surface area (Å²) in [6, 6.07) is 9.04. The van der Waals surface area contributed by atoms with Gasteiger partial charge in [0, 0.05) is 23.7 Å². The van der Waals surface area contributed by atoms with Crippen LogP contribution in [0.4, 0.5) is 17.6 Å². The maximum atomic E-state index is 13.6. The van der Waals surface area contributed by atoms with Crippen molar-refractivity contribution in [3.8, 4) is 0 Å². The van der Waals surface area contributed by atoms with Crippen LogP contribution in [0.5, 0.6) is 0 Å². The summed E-state index contributed by atoms with van der Waals surface area (Å²) in [5, 5.41) is 2.94. The zero-order valence-corrected chi connectivity index (χ0v) is 11.4. The fraction of sp³-hybridized carbons (Fsp3) is 0.250. The second kappa shape index (κ2) is 6.72. The lowest BCUT2D eigenvalue weighted by atomic mass is 10.1. The number of alkyl halides is 2. The molecule has 0 amide bonds. The predicted molar refractivity (Wildman–Crippen MR) is 73.0 cm³/mol. The van der Waals surface area contributed by atoms with E-state index >= 15 is 0 Å². The van der Waals surface area contributed by atoms with E-state index < -0.39 is 24.1 Å². The highest BCUT2D eigenvalue weighted by molar-refractivity contribution is 5.26. The molecule has 112 valence electrons. The fourth-order valence-electron chi connectivity index (χ4n) is 2.14. The molecule has 2 rings (SSSR count). The van der Waals surface area contributed by atoms with Crippen LogP contribution in [0.15, 0.2) is 42.5 Å². The van der Waals surface area contributed by atoms with Crippen molar-refractivity contribution in [1.82, 2.24) is 5.32 Å². The topological polar surface area (TPSA) is 12.0 Å².